The summed E-state index contributed by atoms with van der Waals surface area (Å²) in [6.07, 6.45) is 0.621. The highest BCUT2D eigenvalue weighted by atomic mass is 16.1. The third-order valence-corrected chi connectivity index (χ3v) is 4.31. The maximum absolute atomic E-state index is 12.2. The zero-order valence-electron chi connectivity index (χ0n) is 13.1. The number of hydrogen-bond donors (Lipinski definition) is 0. The number of ketones is 1. The fourth-order valence-corrected chi connectivity index (χ4v) is 3.13. The van der Waals surface area contributed by atoms with Crippen LogP contribution in [0.15, 0.2) is 24.3 Å². The highest BCUT2D eigenvalue weighted by Gasteiger charge is 2.30. The molecular weight excluding hydrogens is 248 g/mol. The average Bonchev–Trinajstić information content (AvgIpc) is 2.77. The van der Waals surface area contributed by atoms with Gasteiger partial charge < -0.3 is 9.80 Å². The van der Waals surface area contributed by atoms with E-state index in [4.69, 9.17) is 0 Å². The van der Waals surface area contributed by atoms with Crippen LogP contribution in [0.1, 0.15) is 29.3 Å². The lowest BCUT2D eigenvalue weighted by Crippen LogP contribution is -2.34. The van der Waals surface area contributed by atoms with Crippen molar-refractivity contribution in [2.24, 2.45) is 5.92 Å². The van der Waals surface area contributed by atoms with Crippen molar-refractivity contribution in [1.29, 1.82) is 0 Å². The van der Waals surface area contributed by atoms with Crippen molar-refractivity contribution < 1.29 is 4.79 Å². The quantitative estimate of drug-likeness (QED) is 0.771. The smallest absolute Gasteiger partial charge is 0.164 e. The van der Waals surface area contributed by atoms with Crippen LogP contribution in [0.4, 0.5) is 0 Å². The summed E-state index contributed by atoms with van der Waals surface area (Å²) in [6.45, 7) is 7.38. The maximum Gasteiger partial charge on any atom is 0.164 e. The topological polar surface area (TPSA) is 23.6 Å². The Balaban J connectivity index is 1.86. The van der Waals surface area contributed by atoms with E-state index in [-0.39, 0.29) is 5.78 Å². The molecule has 2 unspecified atom stereocenters. The van der Waals surface area contributed by atoms with Crippen LogP contribution in [0.5, 0.6) is 0 Å². The lowest BCUT2D eigenvalue weighted by atomic mass is 10.1. The fraction of sp³-hybridized carbons (Fsp3) is 0.588. The molecule has 2 rings (SSSR count). The fourth-order valence-electron chi connectivity index (χ4n) is 3.13. The van der Waals surface area contributed by atoms with Crippen LogP contribution in [-0.4, -0.2) is 55.4 Å². The summed E-state index contributed by atoms with van der Waals surface area (Å²) in [7, 11) is 4.28. The monoisotopic (exact) mass is 274 g/mol. The number of carbonyl (C=O) groups excluding carboxylic acids is 1. The predicted molar refractivity (Wildman–Crippen MR) is 83.2 cm³/mol. The van der Waals surface area contributed by atoms with Gasteiger partial charge in [-0.1, -0.05) is 30.7 Å². The molecule has 0 bridgehead atoms. The van der Waals surface area contributed by atoms with E-state index < -0.39 is 0 Å². The van der Waals surface area contributed by atoms with Gasteiger partial charge in [-0.25, -0.2) is 0 Å². The number of carbonyl (C=O) groups is 1. The second kappa shape index (κ2) is 6.51. The molecule has 1 aromatic carbocycles. The van der Waals surface area contributed by atoms with Gasteiger partial charge in [0.2, 0.25) is 0 Å². The summed E-state index contributed by atoms with van der Waals surface area (Å²) in [6, 6.07) is 8.51. The molecule has 20 heavy (non-hydrogen) atoms. The van der Waals surface area contributed by atoms with Gasteiger partial charge in [0.25, 0.3) is 0 Å². The minimum absolute atomic E-state index is 0.259. The number of likely N-dealkylation sites (N-methyl/N-ethyl adjacent to an activating group) is 1. The molecule has 0 N–H and O–H groups in total. The van der Waals surface area contributed by atoms with E-state index in [0.29, 0.717) is 18.4 Å². The predicted octanol–water partition coefficient (Wildman–Crippen LogP) is 2.45. The Morgan fingerprint density at radius 2 is 2.10 bits per heavy atom. The summed E-state index contributed by atoms with van der Waals surface area (Å²) < 4.78 is 0. The molecule has 3 nitrogen and oxygen atoms in total. The molecule has 1 aliphatic heterocycles. The number of hydrogen-bond acceptors (Lipinski definition) is 3. The third kappa shape index (κ3) is 3.68. The molecule has 0 aliphatic carbocycles. The second-order valence-corrected chi connectivity index (χ2v) is 6.31. The Bertz CT molecular complexity index is 470. The molecule has 110 valence electrons. The molecule has 1 aliphatic rings. The van der Waals surface area contributed by atoms with E-state index >= 15 is 0 Å². The van der Waals surface area contributed by atoms with Gasteiger partial charge in [0.05, 0.1) is 0 Å². The molecule has 0 aromatic heterocycles. The van der Waals surface area contributed by atoms with Crippen molar-refractivity contribution in [3.8, 4) is 0 Å². The first-order chi connectivity index (χ1) is 9.47. The van der Waals surface area contributed by atoms with Crippen LogP contribution < -0.4 is 0 Å². The summed E-state index contributed by atoms with van der Waals surface area (Å²) in [5.74, 6) is 0.939. The number of benzene rings is 1. The summed E-state index contributed by atoms with van der Waals surface area (Å²) in [4.78, 5) is 16.9. The third-order valence-electron chi connectivity index (χ3n) is 4.31. The minimum atomic E-state index is 0.259. The maximum atomic E-state index is 12.2. The van der Waals surface area contributed by atoms with Crippen LogP contribution in [0.25, 0.3) is 0 Å². The number of aryl methyl sites for hydroxylation is 1. The molecule has 1 heterocycles. The lowest BCUT2D eigenvalue weighted by Gasteiger charge is -2.22. The van der Waals surface area contributed by atoms with E-state index in [0.717, 1.165) is 30.8 Å². The Morgan fingerprint density at radius 3 is 2.70 bits per heavy atom. The van der Waals surface area contributed by atoms with Gasteiger partial charge in [-0.3, -0.25) is 4.79 Å². The summed E-state index contributed by atoms with van der Waals surface area (Å²) >= 11 is 0. The standard InChI is InChI=1S/C17H26N2O/c1-13-6-5-7-15(10-13)17(20)8-9-19-11-14(2)16(12-19)18(3)4/h5-7,10,14,16H,8-9,11-12H2,1-4H3. The molecule has 0 amide bonds. The number of rotatable bonds is 5. The zero-order valence-corrected chi connectivity index (χ0v) is 13.1. The molecule has 1 aromatic rings. The highest BCUT2D eigenvalue weighted by molar-refractivity contribution is 5.96. The van der Waals surface area contributed by atoms with Crippen LogP contribution in [0, 0.1) is 12.8 Å². The van der Waals surface area contributed by atoms with Gasteiger partial charge in [0.1, 0.15) is 0 Å². The van der Waals surface area contributed by atoms with Crippen LogP contribution in [0.3, 0.4) is 0 Å². The number of Topliss-reactive ketones (excluding diaryl/α,β-unsaturated/α-hetero) is 1. The van der Waals surface area contributed by atoms with Crippen molar-refractivity contribution in [2.45, 2.75) is 26.3 Å². The molecule has 3 heteroatoms. The molecule has 1 fully saturated rings. The Hall–Kier alpha value is -1.19. The SMILES string of the molecule is Cc1cccc(C(=O)CCN2CC(C)C(N(C)C)C2)c1. The van der Waals surface area contributed by atoms with Crippen molar-refractivity contribution >= 4 is 5.78 Å². The van der Waals surface area contributed by atoms with Gasteiger partial charge in [0.15, 0.2) is 5.78 Å². The van der Waals surface area contributed by atoms with Crippen LogP contribution in [0.2, 0.25) is 0 Å². The first kappa shape index (κ1) is 15.2. The highest BCUT2D eigenvalue weighted by Crippen LogP contribution is 2.20. The number of likely N-dealkylation sites (tertiary alicyclic amines) is 1. The molecule has 0 spiro atoms. The summed E-state index contributed by atoms with van der Waals surface area (Å²) in [5.41, 5.74) is 2.00. The average molecular weight is 274 g/mol. The van der Waals surface area contributed by atoms with E-state index in [1.54, 1.807) is 0 Å². The molecule has 0 saturated carbocycles. The van der Waals surface area contributed by atoms with Gasteiger partial charge in [-0.2, -0.15) is 0 Å². The van der Waals surface area contributed by atoms with E-state index in [1.807, 2.05) is 31.2 Å². The van der Waals surface area contributed by atoms with Crippen molar-refractivity contribution in [3.63, 3.8) is 0 Å². The first-order valence-corrected chi connectivity index (χ1v) is 7.46. The van der Waals surface area contributed by atoms with E-state index in [9.17, 15) is 4.79 Å². The molecule has 1 saturated heterocycles. The van der Waals surface area contributed by atoms with Gasteiger partial charge in [0, 0.05) is 37.7 Å². The van der Waals surface area contributed by atoms with Gasteiger partial charge in [-0.15, -0.1) is 0 Å². The largest absolute Gasteiger partial charge is 0.305 e. The van der Waals surface area contributed by atoms with Gasteiger partial charge >= 0.3 is 0 Å². The number of nitrogens with zero attached hydrogens (tertiary/aromatic N) is 2. The van der Waals surface area contributed by atoms with Gasteiger partial charge in [-0.05, 0) is 33.0 Å². The van der Waals surface area contributed by atoms with Crippen molar-refractivity contribution in [2.75, 3.05) is 33.7 Å². The van der Waals surface area contributed by atoms with Crippen molar-refractivity contribution in [3.05, 3.63) is 35.4 Å². The zero-order chi connectivity index (χ0) is 14.7. The van der Waals surface area contributed by atoms with Crippen LogP contribution in [-0.2, 0) is 0 Å². The second-order valence-electron chi connectivity index (χ2n) is 6.31. The first-order valence-electron chi connectivity index (χ1n) is 7.46. The Morgan fingerprint density at radius 1 is 1.35 bits per heavy atom. The summed E-state index contributed by atoms with van der Waals surface area (Å²) in [5, 5.41) is 0. The Labute approximate surface area is 122 Å². The lowest BCUT2D eigenvalue weighted by molar-refractivity contribution is 0.0967. The van der Waals surface area contributed by atoms with Crippen molar-refractivity contribution in [1.82, 2.24) is 9.80 Å². The van der Waals surface area contributed by atoms with E-state index in [1.165, 1.54) is 0 Å². The molecule has 2 atom stereocenters. The van der Waals surface area contributed by atoms with E-state index in [2.05, 4.69) is 30.8 Å². The minimum Gasteiger partial charge on any atom is -0.305 e. The Kier molecular flexibility index (Phi) is 4.95. The van der Waals surface area contributed by atoms with Crippen LogP contribution >= 0.6 is 0 Å². The molecular formula is C17H26N2O. The molecule has 0 radical (unpaired) electrons. The normalized spacial score (nSPS) is 23.4.